The van der Waals surface area contributed by atoms with Crippen LogP contribution in [0.2, 0.25) is 0 Å². The fourth-order valence-electron chi connectivity index (χ4n) is 5.75. The molecule has 0 fully saturated rings. The average molecular weight is 721 g/mol. The Labute approximate surface area is 302 Å². The van der Waals surface area contributed by atoms with Crippen molar-refractivity contribution in [2.75, 3.05) is 7.05 Å². The Morgan fingerprint density at radius 2 is 1.50 bits per heavy atom. The number of rotatable bonds is 17. The van der Waals surface area contributed by atoms with Crippen molar-refractivity contribution in [1.82, 2.24) is 30.8 Å². The van der Waals surface area contributed by atoms with Gasteiger partial charge in [0.25, 0.3) is 0 Å². The summed E-state index contributed by atoms with van der Waals surface area (Å²) in [6, 6.07) is 15.9. The molecule has 11 nitrogen and oxygen atoms in total. The molecule has 0 aliphatic heterocycles. The van der Waals surface area contributed by atoms with Crippen LogP contribution in [0.1, 0.15) is 72.8 Å². The summed E-state index contributed by atoms with van der Waals surface area (Å²) in [6.07, 6.45) is 0.716. The quantitative estimate of drug-likeness (QED) is 0.0892. The van der Waals surface area contributed by atoms with Gasteiger partial charge < -0.3 is 31.1 Å². The summed E-state index contributed by atoms with van der Waals surface area (Å²) in [5.41, 5.74) is 4.35. The smallest absolute Gasteiger partial charge is 0.404 e. The van der Waals surface area contributed by atoms with Crippen LogP contribution in [0.4, 0.5) is 9.59 Å². The van der Waals surface area contributed by atoms with E-state index in [2.05, 4.69) is 34.8 Å². The molecule has 5 atom stereocenters. The van der Waals surface area contributed by atoms with E-state index >= 15 is 0 Å². The lowest BCUT2D eigenvalue weighted by atomic mass is 9.93. The molecular formula is C37H48N6O5S2. The highest BCUT2D eigenvalue weighted by atomic mass is 32.1. The molecule has 5 N–H and O–H groups in total. The van der Waals surface area contributed by atoms with Crippen molar-refractivity contribution in [2.24, 2.45) is 5.92 Å². The summed E-state index contributed by atoms with van der Waals surface area (Å²) in [7, 11) is 1.71. The number of carboxylic acid groups (broad SMARTS) is 1. The monoisotopic (exact) mass is 720 g/mol. The van der Waals surface area contributed by atoms with Gasteiger partial charge in [-0.15, -0.1) is 22.7 Å². The summed E-state index contributed by atoms with van der Waals surface area (Å²) < 4.78 is 0. The van der Waals surface area contributed by atoms with Crippen LogP contribution in [-0.2, 0) is 24.1 Å². The van der Waals surface area contributed by atoms with Crippen molar-refractivity contribution in [3.63, 3.8) is 0 Å². The van der Waals surface area contributed by atoms with Gasteiger partial charge in [0.15, 0.2) is 0 Å². The SMILES string of the molecule is CC(C)c1nc(C(Cc2cncs2)N(C)C(=O)N[C@H](C(=O)N[C@@H](Cc2ccccc2)C[C@H](O)[C@H](Cc2ccccc2)NC(=O)O)C(C)C)cs1. The molecule has 4 rings (SSSR count). The van der Waals surface area contributed by atoms with Gasteiger partial charge in [-0.25, -0.2) is 14.6 Å². The topological polar surface area (TPSA) is 157 Å². The van der Waals surface area contributed by atoms with Gasteiger partial charge in [0.1, 0.15) is 6.04 Å². The van der Waals surface area contributed by atoms with Crippen LogP contribution >= 0.6 is 22.7 Å². The summed E-state index contributed by atoms with van der Waals surface area (Å²) in [5, 5.41) is 32.4. The van der Waals surface area contributed by atoms with Crippen molar-refractivity contribution >= 4 is 40.7 Å². The van der Waals surface area contributed by atoms with Crippen molar-refractivity contribution in [2.45, 2.75) is 89.6 Å². The number of hydrogen-bond donors (Lipinski definition) is 5. The molecule has 0 aliphatic carbocycles. The summed E-state index contributed by atoms with van der Waals surface area (Å²) in [4.78, 5) is 51.2. The van der Waals surface area contributed by atoms with Crippen molar-refractivity contribution in [3.05, 3.63) is 104 Å². The second kappa shape index (κ2) is 18.6. The number of aliphatic hydroxyl groups excluding tert-OH is 1. The lowest BCUT2D eigenvalue weighted by molar-refractivity contribution is -0.124. The minimum Gasteiger partial charge on any atom is -0.465 e. The molecule has 2 heterocycles. The third kappa shape index (κ3) is 11.4. The Kier molecular flexibility index (Phi) is 14.3. The number of nitrogens with zero attached hydrogens (tertiary/aromatic N) is 3. The molecule has 0 aliphatic rings. The number of urea groups is 1. The number of carbonyl (C=O) groups excluding carboxylic acids is 2. The Morgan fingerprint density at radius 3 is 2.04 bits per heavy atom. The molecule has 0 radical (unpaired) electrons. The van der Waals surface area contributed by atoms with Crippen LogP contribution in [0.15, 0.2) is 77.8 Å². The molecule has 50 heavy (non-hydrogen) atoms. The highest BCUT2D eigenvalue weighted by Gasteiger charge is 2.32. The largest absolute Gasteiger partial charge is 0.465 e. The van der Waals surface area contributed by atoms with E-state index < -0.39 is 42.3 Å². The number of aromatic nitrogens is 2. The lowest BCUT2D eigenvalue weighted by Crippen LogP contribution is -2.56. The fraction of sp³-hybridized carbons (Fsp3) is 0.432. The number of amides is 4. The van der Waals surface area contributed by atoms with Crippen LogP contribution in [0.5, 0.6) is 0 Å². The van der Waals surface area contributed by atoms with Crippen LogP contribution < -0.4 is 16.0 Å². The van der Waals surface area contributed by atoms with E-state index in [4.69, 9.17) is 4.98 Å². The highest BCUT2D eigenvalue weighted by molar-refractivity contribution is 7.10. The highest BCUT2D eigenvalue weighted by Crippen LogP contribution is 2.29. The van der Waals surface area contributed by atoms with E-state index in [1.54, 1.807) is 35.0 Å². The fourth-order valence-corrected chi connectivity index (χ4v) is 7.27. The second-order valence-corrected chi connectivity index (χ2v) is 15.0. The molecule has 0 spiro atoms. The van der Waals surface area contributed by atoms with Crippen LogP contribution in [0.25, 0.3) is 0 Å². The van der Waals surface area contributed by atoms with Crippen LogP contribution in [0, 0.1) is 5.92 Å². The van der Waals surface area contributed by atoms with Gasteiger partial charge in [0.05, 0.1) is 34.4 Å². The van der Waals surface area contributed by atoms with Gasteiger partial charge in [-0.2, -0.15) is 0 Å². The number of hydrogen-bond acceptors (Lipinski definition) is 8. The first-order chi connectivity index (χ1) is 23.9. The van der Waals surface area contributed by atoms with Gasteiger partial charge in [0.2, 0.25) is 5.91 Å². The van der Waals surface area contributed by atoms with E-state index in [1.807, 2.05) is 79.9 Å². The van der Waals surface area contributed by atoms with E-state index in [1.165, 1.54) is 11.3 Å². The maximum atomic E-state index is 14.0. The first kappa shape index (κ1) is 38.5. The van der Waals surface area contributed by atoms with E-state index in [0.717, 1.165) is 26.7 Å². The molecule has 1 unspecified atom stereocenters. The minimum absolute atomic E-state index is 0.0794. The van der Waals surface area contributed by atoms with Gasteiger partial charge in [-0.1, -0.05) is 88.4 Å². The standard InChI is InChI=1S/C37H48N6O5S2/c1-23(2)33(42-36(46)43(5)31(19-28-20-38-22-50-28)30-21-49-35(40-30)24(3)4)34(45)39-27(16-25-12-8-6-9-13-25)18-32(44)29(41-37(47)48)17-26-14-10-7-11-15-26/h6-15,20-24,27,29,31-33,41,44H,16-19H2,1-5H3,(H,39,45)(H,42,46)(H,47,48)/t27-,29-,31?,32-,33-/m0/s1. The number of likely N-dealkylation sites (N-methyl/N-ethyl adjacent to an activating group) is 1. The van der Waals surface area contributed by atoms with Gasteiger partial charge >= 0.3 is 12.1 Å². The third-order valence-corrected chi connectivity index (χ3v) is 10.5. The molecule has 2 aromatic heterocycles. The summed E-state index contributed by atoms with van der Waals surface area (Å²) in [5.74, 6) is -0.404. The predicted octanol–water partition coefficient (Wildman–Crippen LogP) is 6.03. The lowest BCUT2D eigenvalue weighted by Gasteiger charge is -2.32. The maximum absolute atomic E-state index is 14.0. The molecular weight excluding hydrogens is 673 g/mol. The molecule has 0 saturated heterocycles. The molecule has 268 valence electrons. The van der Waals surface area contributed by atoms with Crippen molar-refractivity contribution in [1.29, 1.82) is 0 Å². The van der Waals surface area contributed by atoms with Gasteiger partial charge in [-0.05, 0) is 36.3 Å². The Morgan fingerprint density at radius 1 is 0.860 bits per heavy atom. The van der Waals surface area contributed by atoms with Crippen LogP contribution in [-0.4, -0.2) is 74.4 Å². The Bertz CT molecular complexity index is 1630. The van der Waals surface area contributed by atoms with Gasteiger partial charge in [0, 0.05) is 41.9 Å². The molecule has 0 bridgehead atoms. The summed E-state index contributed by atoms with van der Waals surface area (Å²) >= 11 is 3.08. The number of benzene rings is 2. The van der Waals surface area contributed by atoms with E-state index in [9.17, 15) is 24.6 Å². The number of thiazole rings is 2. The molecule has 4 amide bonds. The molecule has 2 aromatic carbocycles. The number of carbonyl (C=O) groups is 3. The maximum Gasteiger partial charge on any atom is 0.404 e. The van der Waals surface area contributed by atoms with Crippen molar-refractivity contribution in [3.8, 4) is 0 Å². The molecule has 0 saturated carbocycles. The third-order valence-electron chi connectivity index (χ3n) is 8.54. The predicted molar refractivity (Wildman–Crippen MR) is 197 cm³/mol. The van der Waals surface area contributed by atoms with Crippen molar-refractivity contribution < 1.29 is 24.6 Å². The zero-order valence-electron chi connectivity index (χ0n) is 29.2. The Hall–Kier alpha value is -4.33. The van der Waals surface area contributed by atoms with E-state index in [0.29, 0.717) is 12.8 Å². The summed E-state index contributed by atoms with van der Waals surface area (Å²) in [6.45, 7) is 7.89. The number of nitrogens with one attached hydrogen (secondary N) is 3. The molecule has 4 aromatic rings. The normalized spacial score (nSPS) is 14.4. The first-order valence-electron chi connectivity index (χ1n) is 16.8. The zero-order chi connectivity index (χ0) is 36.2. The van der Waals surface area contributed by atoms with Crippen LogP contribution in [0.3, 0.4) is 0 Å². The Balaban J connectivity index is 1.52. The number of aliphatic hydroxyl groups is 1. The zero-order valence-corrected chi connectivity index (χ0v) is 30.8. The average Bonchev–Trinajstić information content (AvgIpc) is 3.79. The van der Waals surface area contributed by atoms with Gasteiger partial charge in [-0.3, -0.25) is 9.78 Å². The minimum atomic E-state index is -1.24. The second-order valence-electron chi connectivity index (χ2n) is 13.2. The first-order valence-corrected chi connectivity index (χ1v) is 18.6. The van der Waals surface area contributed by atoms with E-state index in [-0.39, 0.29) is 30.7 Å². The molecule has 13 heteroatoms.